The summed E-state index contributed by atoms with van der Waals surface area (Å²) in [6.45, 7) is 1.75. The highest BCUT2D eigenvalue weighted by atomic mass is 35.5. The number of nitrogens with zero attached hydrogens (tertiary/aromatic N) is 2. The van der Waals surface area contributed by atoms with Gasteiger partial charge in [-0.2, -0.15) is 0 Å². The number of hydrogen-bond acceptors (Lipinski definition) is 8. The van der Waals surface area contributed by atoms with Crippen molar-refractivity contribution < 1.29 is 23.8 Å². The van der Waals surface area contributed by atoms with E-state index in [-0.39, 0.29) is 22.1 Å². The van der Waals surface area contributed by atoms with E-state index in [4.69, 9.17) is 20.8 Å². The Kier molecular flexibility index (Phi) is 7.77. The molecule has 0 aliphatic carbocycles. The maximum Gasteiger partial charge on any atom is 0.271 e. The fourth-order valence-corrected chi connectivity index (χ4v) is 6.27. The number of allylic oxidation sites excluding steroid dienone is 1. The molecule has 3 aromatic carbocycles. The van der Waals surface area contributed by atoms with Gasteiger partial charge in [-0.25, -0.2) is 4.99 Å². The van der Waals surface area contributed by atoms with Crippen LogP contribution in [0.1, 0.15) is 34.6 Å². The van der Waals surface area contributed by atoms with Gasteiger partial charge in [0.15, 0.2) is 4.80 Å². The maximum atomic E-state index is 14.0. The molecule has 1 aliphatic rings. The minimum absolute atomic E-state index is 0.0229. The number of methoxy groups -OCH3 is 1. The zero-order chi connectivity index (χ0) is 31.0. The number of aromatic nitrogens is 1. The van der Waals surface area contributed by atoms with E-state index in [2.05, 4.69) is 10.3 Å². The number of carbonyl (C=O) groups excluding carboxylic acids is 2. The Hall–Kier alpha value is -5.19. The quantitative estimate of drug-likeness (QED) is 0.290. The Morgan fingerprint density at radius 1 is 1.07 bits per heavy atom. The molecule has 5 aromatic rings. The Balaban J connectivity index is 1.42. The van der Waals surface area contributed by atoms with Crippen molar-refractivity contribution in [2.24, 2.45) is 4.99 Å². The molecule has 1 amide bonds. The van der Waals surface area contributed by atoms with Gasteiger partial charge in [-0.3, -0.25) is 14.2 Å². The number of fused-ring (bicyclic) bond motifs is 1. The molecule has 0 fully saturated rings. The summed E-state index contributed by atoms with van der Waals surface area (Å²) in [4.78, 5) is 44.0. The zero-order valence-electron chi connectivity index (χ0n) is 23.4. The van der Waals surface area contributed by atoms with Crippen LogP contribution >= 0.6 is 22.9 Å². The number of ether oxygens (including phenoxy) is 1. The minimum atomic E-state index is -1.37. The molecule has 2 aromatic heterocycles. The third kappa shape index (κ3) is 5.48. The third-order valence-corrected chi connectivity index (χ3v) is 8.40. The smallest absolute Gasteiger partial charge is 0.271 e. The van der Waals surface area contributed by atoms with Gasteiger partial charge < -0.3 is 24.4 Å². The first-order valence-electron chi connectivity index (χ1n) is 13.4. The molecular weight excluding hydrogens is 602 g/mol. The van der Waals surface area contributed by atoms with Crippen molar-refractivity contribution in [2.75, 3.05) is 12.4 Å². The van der Waals surface area contributed by atoms with Crippen LogP contribution in [0, 0.1) is 0 Å². The second-order valence-corrected chi connectivity index (χ2v) is 11.3. The van der Waals surface area contributed by atoms with Gasteiger partial charge in [0.25, 0.3) is 11.5 Å². The van der Waals surface area contributed by atoms with Crippen molar-refractivity contribution in [2.45, 2.75) is 13.0 Å². The molecule has 1 atom stereocenters. The lowest BCUT2D eigenvalue weighted by molar-refractivity contribution is -0.255. The highest BCUT2D eigenvalue weighted by Gasteiger charge is 2.32. The van der Waals surface area contributed by atoms with Gasteiger partial charge in [-0.1, -0.05) is 65.4 Å². The average molecular weight is 625 g/mol. The van der Waals surface area contributed by atoms with Crippen LogP contribution in [-0.4, -0.2) is 23.6 Å². The number of hydrogen-bond donors (Lipinski definition) is 1. The number of amides is 1. The Labute approximate surface area is 259 Å². The van der Waals surface area contributed by atoms with Crippen LogP contribution < -0.4 is 30.1 Å². The molecule has 11 heteroatoms. The number of furan rings is 1. The van der Waals surface area contributed by atoms with Crippen molar-refractivity contribution in [1.29, 1.82) is 0 Å². The number of halogens is 1. The summed E-state index contributed by atoms with van der Waals surface area (Å²) < 4.78 is 13.2. The number of para-hydroxylation sites is 1. The number of anilines is 1. The van der Waals surface area contributed by atoms with E-state index in [1.165, 1.54) is 28.0 Å². The van der Waals surface area contributed by atoms with E-state index in [0.29, 0.717) is 54.7 Å². The van der Waals surface area contributed by atoms with E-state index in [9.17, 15) is 19.5 Å². The number of carboxylic acids is 1. The zero-order valence-corrected chi connectivity index (χ0v) is 24.9. The fraction of sp³-hybridized carbons (Fsp3) is 0.0909. The van der Waals surface area contributed by atoms with Gasteiger partial charge in [0, 0.05) is 22.9 Å². The molecule has 1 aliphatic heterocycles. The molecule has 0 radical (unpaired) electrons. The highest BCUT2D eigenvalue weighted by molar-refractivity contribution is 7.07. The summed E-state index contributed by atoms with van der Waals surface area (Å²) in [5, 5.41) is 14.2. The van der Waals surface area contributed by atoms with Crippen LogP contribution in [0.15, 0.2) is 110 Å². The molecule has 220 valence electrons. The van der Waals surface area contributed by atoms with Gasteiger partial charge in [0.05, 0.1) is 39.9 Å². The van der Waals surface area contributed by atoms with Gasteiger partial charge in [0.1, 0.15) is 17.3 Å². The number of carboxylic acid groups (broad SMARTS) is 1. The van der Waals surface area contributed by atoms with Crippen molar-refractivity contribution in [3.05, 3.63) is 138 Å². The molecule has 9 nitrogen and oxygen atoms in total. The first kappa shape index (κ1) is 28.9. The molecular formula is C33H23ClN3O6S-. The maximum absolute atomic E-state index is 14.0. The Morgan fingerprint density at radius 2 is 1.82 bits per heavy atom. The number of thiazole rings is 1. The monoisotopic (exact) mass is 624 g/mol. The largest absolute Gasteiger partial charge is 0.545 e. The van der Waals surface area contributed by atoms with Crippen LogP contribution in [0.5, 0.6) is 5.75 Å². The van der Waals surface area contributed by atoms with Gasteiger partial charge in [-0.15, -0.1) is 0 Å². The first-order chi connectivity index (χ1) is 21.2. The Morgan fingerprint density at radius 3 is 2.50 bits per heavy atom. The average Bonchev–Trinajstić information content (AvgIpc) is 3.60. The molecule has 1 unspecified atom stereocenters. The summed E-state index contributed by atoms with van der Waals surface area (Å²) in [5.74, 6) is -0.277. The lowest BCUT2D eigenvalue weighted by Gasteiger charge is -2.25. The third-order valence-electron chi connectivity index (χ3n) is 7.10. The van der Waals surface area contributed by atoms with Crippen molar-refractivity contribution in [3.63, 3.8) is 0 Å². The molecule has 1 N–H and O–H groups in total. The predicted octanol–water partition coefficient (Wildman–Crippen LogP) is 4.16. The van der Waals surface area contributed by atoms with Crippen molar-refractivity contribution >= 4 is 46.6 Å². The SMILES string of the molecule is COc1ccc(C2C(C(=O)Nc3ccccc3)=C(C)N=c3s/c(=C/c4ccc(-c5ccc(C(=O)[O-])c(Cl)c5)o4)c(=O)n32)cc1. The molecule has 0 saturated heterocycles. The lowest BCUT2D eigenvalue weighted by Crippen LogP contribution is -2.40. The number of aromatic carboxylic acids is 1. The van der Waals surface area contributed by atoms with E-state index < -0.39 is 12.0 Å². The Bertz CT molecular complexity index is 2130. The van der Waals surface area contributed by atoms with Crippen molar-refractivity contribution in [3.8, 4) is 17.1 Å². The highest BCUT2D eigenvalue weighted by Crippen LogP contribution is 2.32. The topological polar surface area (TPSA) is 126 Å². The number of carbonyl (C=O) groups is 2. The molecule has 0 saturated carbocycles. The molecule has 6 rings (SSSR count). The summed E-state index contributed by atoms with van der Waals surface area (Å²) in [7, 11) is 1.57. The summed E-state index contributed by atoms with van der Waals surface area (Å²) in [6, 6.07) is 23.3. The molecule has 44 heavy (non-hydrogen) atoms. The number of benzene rings is 3. The van der Waals surface area contributed by atoms with Gasteiger partial charge in [-0.05, 0) is 55.0 Å². The number of rotatable bonds is 7. The van der Waals surface area contributed by atoms with E-state index in [0.717, 1.165) is 0 Å². The normalized spacial score (nSPS) is 14.6. The molecule has 3 heterocycles. The second kappa shape index (κ2) is 11.8. The lowest BCUT2D eigenvalue weighted by atomic mass is 9.95. The summed E-state index contributed by atoms with van der Waals surface area (Å²) in [6.07, 6.45) is 1.61. The number of nitrogens with one attached hydrogen (secondary N) is 1. The molecule has 0 bridgehead atoms. The predicted molar refractivity (Wildman–Crippen MR) is 165 cm³/mol. The van der Waals surface area contributed by atoms with E-state index in [1.54, 1.807) is 62.6 Å². The summed E-state index contributed by atoms with van der Waals surface area (Å²) in [5.41, 5.74) is 2.26. The van der Waals surface area contributed by atoms with Crippen LogP contribution in [0.3, 0.4) is 0 Å². The molecule has 0 spiro atoms. The standard InChI is InChI=1S/C33H24ClN3O6S/c1-18-28(30(38)36-21-6-4-3-5-7-21)29(19-8-11-22(42-2)12-9-19)37-31(39)27(44-33(37)35-18)17-23-13-15-26(43-23)20-10-14-24(32(40)41)25(34)16-20/h3-17,29H,1-2H3,(H,36,38)(H,40,41)/p-1/b27-17+. The fourth-order valence-electron chi connectivity index (χ4n) is 4.98. The van der Waals surface area contributed by atoms with Crippen LogP contribution in [0.2, 0.25) is 5.02 Å². The first-order valence-corrected chi connectivity index (χ1v) is 14.6. The summed E-state index contributed by atoms with van der Waals surface area (Å²) >= 11 is 7.28. The van der Waals surface area contributed by atoms with Crippen LogP contribution in [0.25, 0.3) is 17.4 Å². The van der Waals surface area contributed by atoms with Crippen molar-refractivity contribution in [1.82, 2.24) is 4.57 Å². The van der Waals surface area contributed by atoms with Gasteiger partial charge >= 0.3 is 0 Å². The van der Waals surface area contributed by atoms with Crippen LogP contribution in [-0.2, 0) is 4.79 Å². The van der Waals surface area contributed by atoms with Crippen LogP contribution in [0.4, 0.5) is 5.69 Å². The minimum Gasteiger partial charge on any atom is -0.545 e. The van der Waals surface area contributed by atoms with Gasteiger partial charge in [0.2, 0.25) is 0 Å². The van der Waals surface area contributed by atoms with E-state index in [1.807, 2.05) is 30.3 Å². The second-order valence-electron chi connectivity index (χ2n) is 9.86. The van der Waals surface area contributed by atoms with E-state index >= 15 is 0 Å².